The van der Waals surface area contributed by atoms with Crippen molar-refractivity contribution in [2.24, 2.45) is 12.8 Å². The van der Waals surface area contributed by atoms with Gasteiger partial charge in [-0.3, -0.25) is 4.68 Å². The first-order valence-electron chi connectivity index (χ1n) is 6.10. The lowest BCUT2D eigenvalue weighted by Crippen LogP contribution is -1.99. The highest BCUT2D eigenvalue weighted by Crippen LogP contribution is 2.19. The number of hydrogen-bond donors (Lipinski definition) is 1. The van der Waals surface area contributed by atoms with Gasteiger partial charge in [0.05, 0.1) is 12.2 Å². The first-order valence-corrected chi connectivity index (χ1v) is 6.10. The van der Waals surface area contributed by atoms with Crippen molar-refractivity contribution in [3.05, 3.63) is 47.3 Å². The number of benzene rings is 1. The summed E-state index contributed by atoms with van der Waals surface area (Å²) in [5, 5.41) is 4.27. The van der Waals surface area contributed by atoms with Gasteiger partial charge in [0.15, 0.2) is 0 Å². The fourth-order valence-corrected chi connectivity index (χ4v) is 1.73. The van der Waals surface area contributed by atoms with Gasteiger partial charge in [0.25, 0.3) is 0 Å². The van der Waals surface area contributed by atoms with Gasteiger partial charge in [-0.15, -0.1) is 0 Å². The normalized spacial score (nSPS) is 9.84. The molecule has 1 aromatic heterocycles. The molecule has 0 aliphatic rings. The molecule has 0 saturated heterocycles. The molecule has 1 heterocycles. The third kappa shape index (κ3) is 3.60. The molecule has 2 rings (SSSR count). The largest absolute Gasteiger partial charge is 0.487 e. The first kappa shape index (κ1) is 13.2. The summed E-state index contributed by atoms with van der Waals surface area (Å²) in [5.41, 5.74) is 8.27. The highest BCUT2D eigenvalue weighted by molar-refractivity contribution is 5.43. The number of nitrogens with zero attached hydrogens (tertiary/aromatic N) is 2. The summed E-state index contributed by atoms with van der Waals surface area (Å²) < 4.78 is 7.51. The second-order valence-corrected chi connectivity index (χ2v) is 4.26. The molecule has 0 fully saturated rings. The summed E-state index contributed by atoms with van der Waals surface area (Å²) in [4.78, 5) is 0. The molecule has 0 spiro atoms. The Morgan fingerprint density at radius 3 is 2.84 bits per heavy atom. The maximum atomic E-state index is 5.75. The molecule has 2 N–H and O–H groups in total. The Hall–Kier alpha value is -2.25. The lowest BCUT2D eigenvalue weighted by atomic mass is 10.1. The molecule has 4 nitrogen and oxygen atoms in total. The van der Waals surface area contributed by atoms with Crippen LogP contribution in [0, 0.1) is 18.8 Å². The molecule has 0 amide bonds. The van der Waals surface area contributed by atoms with Gasteiger partial charge in [-0.25, -0.2) is 0 Å². The van der Waals surface area contributed by atoms with Gasteiger partial charge in [0, 0.05) is 18.8 Å². The molecular weight excluding hydrogens is 238 g/mol. The summed E-state index contributed by atoms with van der Waals surface area (Å²) in [6.07, 6.45) is 1.90. The first-order chi connectivity index (χ1) is 9.19. The fraction of sp³-hybridized carbons (Fsp3) is 0.267. The maximum Gasteiger partial charge on any atom is 0.132 e. The Kier molecular flexibility index (Phi) is 4.22. The van der Waals surface area contributed by atoms with Crippen LogP contribution in [0.1, 0.15) is 16.8 Å². The standard InChI is InChI=1S/C15H17N3O/c1-12-10-13(4-3-8-16)5-6-15(12)19-11-14-7-9-18(2)17-14/h5-7,9-10H,8,11,16H2,1-2H3. The second kappa shape index (κ2) is 6.07. The van der Waals surface area contributed by atoms with Gasteiger partial charge in [-0.2, -0.15) is 5.10 Å². The van der Waals surface area contributed by atoms with Crippen LogP contribution in [0.15, 0.2) is 30.5 Å². The van der Waals surface area contributed by atoms with Gasteiger partial charge < -0.3 is 10.5 Å². The predicted octanol–water partition coefficient (Wildman–Crippen LogP) is 1.62. The van der Waals surface area contributed by atoms with Crippen LogP contribution in [0.25, 0.3) is 0 Å². The Bertz CT molecular complexity index is 620. The molecule has 0 bridgehead atoms. The minimum absolute atomic E-state index is 0.372. The van der Waals surface area contributed by atoms with Crippen molar-refractivity contribution in [3.8, 4) is 17.6 Å². The van der Waals surface area contributed by atoms with Crippen molar-refractivity contribution in [1.29, 1.82) is 0 Å². The summed E-state index contributed by atoms with van der Waals surface area (Å²) in [5.74, 6) is 6.69. The van der Waals surface area contributed by atoms with Crippen LogP contribution in [0.4, 0.5) is 0 Å². The van der Waals surface area contributed by atoms with Gasteiger partial charge in [0.1, 0.15) is 12.4 Å². The van der Waals surface area contributed by atoms with Crippen LogP contribution < -0.4 is 10.5 Å². The quantitative estimate of drug-likeness (QED) is 0.848. The predicted molar refractivity (Wildman–Crippen MR) is 74.7 cm³/mol. The van der Waals surface area contributed by atoms with E-state index >= 15 is 0 Å². The van der Waals surface area contributed by atoms with E-state index in [1.54, 1.807) is 4.68 Å². The summed E-state index contributed by atoms with van der Waals surface area (Å²) in [7, 11) is 1.89. The van der Waals surface area contributed by atoms with Crippen LogP contribution in [0.3, 0.4) is 0 Å². The fourth-order valence-electron chi connectivity index (χ4n) is 1.73. The van der Waals surface area contributed by atoms with Gasteiger partial charge >= 0.3 is 0 Å². The van der Waals surface area contributed by atoms with E-state index in [0.717, 1.165) is 22.6 Å². The Balaban J connectivity index is 2.05. The number of aromatic nitrogens is 2. The van der Waals surface area contributed by atoms with Crippen molar-refractivity contribution >= 4 is 0 Å². The zero-order chi connectivity index (χ0) is 13.7. The van der Waals surface area contributed by atoms with Gasteiger partial charge in [-0.1, -0.05) is 11.8 Å². The maximum absolute atomic E-state index is 5.75. The van der Waals surface area contributed by atoms with E-state index in [1.165, 1.54) is 0 Å². The average molecular weight is 255 g/mol. The van der Waals surface area contributed by atoms with Crippen LogP contribution in [-0.4, -0.2) is 16.3 Å². The molecule has 0 atom stereocenters. The highest BCUT2D eigenvalue weighted by Gasteiger charge is 2.02. The van der Waals surface area contributed by atoms with Crippen molar-refractivity contribution in [3.63, 3.8) is 0 Å². The SMILES string of the molecule is Cc1cc(C#CCN)ccc1OCc1ccn(C)n1. The number of ether oxygens (including phenoxy) is 1. The highest BCUT2D eigenvalue weighted by atomic mass is 16.5. The van der Waals surface area contributed by atoms with Crippen molar-refractivity contribution < 1.29 is 4.74 Å². The molecule has 19 heavy (non-hydrogen) atoms. The van der Waals surface area contributed by atoms with Crippen LogP contribution >= 0.6 is 0 Å². The monoisotopic (exact) mass is 255 g/mol. The summed E-state index contributed by atoms with van der Waals surface area (Å²) in [6, 6.07) is 7.80. The minimum Gasteiger partial charge on any atom is -0.487 e. The molecule has 0 unspecified atom stereocenters. The van der Waals surface area contributed by atoms with Crippen LogP contribution in [0.5, 0.6) is 5.75 Å². The van der Waals surface area contributed by atoms with E-state index in [9.17, 15) is 0 Å². The van der Waals surface area contributed by atoms with Crippen molar-refractivity contribution in [1.82, 2.24) is 9.78 Å². The lowest BCUT2D eigenvalue weighted by Gasteiger charge is -2.07. The molecule has 0 aliphatic carbocycles. The van der Waals surface area contributed by atoms with Crippen LogP contribution in [0.2, 0.25) is 0 Å². The van der Waals surface area contributed by atoms with E-state index < -0.39 is 0 Å². The minimum atomic E-state index is 0.372. The summed E-state index contributed by atoms with van der Waals surface area (Å²) in [6.45, 7) is 2.84. The average Bonchev–Trinajstić information content (AvgIpc) is 2.81. The van der Waals surface area contributed by atoms with E-state index in [0.29, 0.717) is 13.2 Å². The molecule has 4 heteroatoms. The Morgan fingerprint density at radius 1 is 1.37 bits per heavy atom. The number of hydrogen-bond acceptors (Lipinski definition) is 3. The molecule has 0 saturated carbocycles. The van der Waals surface area contributed by atoms with Crippen LogP contribution in [-0.2, 0) is 13.7 Å². The zero-order valence-electron chi connectivity index (χ0n) is 11.2. The van der Waals surface area contributed by atoms with Crippen molar-refractivity contribution in [2.75, 3.05) is 6.54 Å². The van der Waals surface area contributed by atoms with E-state index in [1.807, 2.05) is 44.4 Å². The molecule has 2 aromatic rings. The number of nitrogens with two attached hydrogens (primary N) is 1. The molecule has 0 radical (unpaired) electrons. The van der Waals surface area contributed by atoms with E-state index in [2.05, 4.69) is 16.9 Å². The summed E-state index contributed by atoms with van der Waals surface area (Å²) >= 11 is 0. The second-order valence-electron chi connectivity index (χ2n) is 4.26. The lowest BCUT2D eigenvalue weighted by molar-refractivity contribution is 0.298. The zero-order valence-corrected chi connectivity index (χ0v) is 11.2. The third-order valence-corrected chi connectivity index (χ3v) is 2.65. The number of rotatable bonds is 3. The third-order valence-electron chi connectivity index (χ3n) is 2.65. The smallest absolute Gasteiger partial charge is 0.132 e. The van der Waals surface area contributed by atoms with Gasteiger partial charge in [-0.05, 0) is 36.8 Å². The molecule has 98 valence electrons. The van der Waals surface area contributed by atoms with Crippen molar-refractivity contribution in [2.45, 2.75) is 13.5 Å². The topological polar surface area (TPSA) is 53.1 Å². The Morgan fingerprint density at radius 2 is 2.21 bits per heavy atom. The van der Waals surface area contributed by atoms with E-state index in [-0.39, 0.29) is 0 Å². The van der Waals surface area contributed by atoms with E-state index in [4.69, 9.17) is 10.5 Å². The molecule has 0 aliphatic heterocycles. The Labute approximate surface area is 113 Å². The molecular formula is C15H17N3O. The molecule has 1 aromatic carbocycles. The number of aryl methyl sites for hydroxylation is 2. The van der Waals surface area contributed by atoms with Gasteiger partial charge in [0.2, 0.25) is 0 Å².